The number of aryl methyl sites for hydroxylation is 1. The van der Waals surface area contributed by atoms with Gasteiger partial charge in [0.1, 0.15) is 23.6 Å². The van der Waals surface area contributed by atoms with E-state index in [1.165, 1.54) is 37.7 Å². The number of unbranched alkanes of at least 4 members (excludes halogenated alkanes) is 5. The molecule has 7 heteroatoms. The zero-order chi connectivity index (χ0) is 27.6. The number of fused-ring (bicyclic) bond motifs is 3. The molecule has 0 N–H and O–H groups in total. The van der Waals surface area contributed by atoms with Gasteiger partial charge in [-0.1, -0.05) is 68.0 Å². The third-order valence-electron chi connectivity index (χ3n) is 7.14. The predicted molar refractivity (Wildman–Crippen MR) is 159 cm³/mol. The Morgan fingerprint density at radius 3 is 2.51 bits per heavy atom. The molecule has 1 aliphatic heterocycles. The smallest absolute Gasteiger partial charge is 0.235 e. The second-order valence-corrected chi connectivity index (χ2v) is 12.0. The quantitative estimate of drug-likeness (QED) is 0.0904. The van der Waals surface area contributed by atoms with Gasteiger partial charge in [-0.15, -0.1) is 0 Å². The van der Waals surface area contributed by atoms with Gasteiger partial charge in [-0.2, -0.15) is 4.57 Å². The molecule has 0 saturated carbocycles. The summed E-state index contributed by atoms with van der Waals surface area (Å²) in [6.07, 6.45) is 8.32. The van der Waals surface area contributed by atoms with Crippen LogP contribution in [-0.4, -0.2) is 34.4 Å². The number of para-hydroxylation sites is 3. The van der Waals surface area contributed by atoms with Crippen molar-refractivity contribution in [3.8, 4) is 17.2 Å². The molecule has 6 nitrogen and oxygen atoms in total. The normalized spacial score (nSPS) is 13.7. The van der Waals surface area contributed by atoms with Crippen molar-refractivity contribution in [1.82, 2.24) is 4.98 Å². The van der Waals surface area contributed by atoms with E-state index in [9.17, 15) is 4.55 Å². The summed E-state index contributed by atoms with van der Waals surface area (Å²) in [6.45, 7) is 4.61. The highest BCUT2D eigenvalue weighted by Gasteiger charge is 2.20. The summed E-state index contributed by atoms with van der Waals surface area (Å²) in [5, 5.41) is 0.191. The fourth-order valence-electron chi connectivity index (χ4n) is 4.87. The Labute approximate surface area is 235 Å². The van der Waals surface area contributed by atoms with Crippen LogP contribution in [0.2, 0.25) is 0 Å². The van der Waals surface area contributed by atoms with Crippen LogP contribution < -0.4 is 18.8 Å². The molecule has 0 fully saturated rings. The van der Waals surface area contributed by atoms with E-state index >= 15 is 0 Å². The Balaban J connectivity index is 0.000000186. The van der Waals surface area contributed by atoms with Crippen molar-refractivity contribution >= 4 is 33.2 Å². The first-order valence-corrected chi connectivity index (χ1v) is 15.4. The summed E-state index contributed by atoms with van der Waals surface area (Å²) in [5.41, 5.74) is 5.24. The van der Waals surface area contributed by atoms with Gasteiger partial charge in [0.2, 0.25) is 17.8 Å². The van der Waals surface area contributed by atoms with Crippen LogP contribution in [0.15, 0.2) is 60.7 Å². The number of benzene rings is 3. The van der Waals surface area contributed by atoms with Crippen LogP contribution in [-0.2, 0) is 24.6 Å². The van der Waals surface area contributed by atoms with Crippen molar-refractivity contribution in [2.24, 2.45) is 7.05 Å². The van der Waals surface area contributed by atoms with E-state index in [0.29, 0.717) is 6.79 Å². The Bertz CT molecular complexity index is 1360. The van der Waals surface area contributed by atoms with Crippen molar-refractivity contribution in [1.29, 1.82) is 0 Å². The second-order valence-electron chi connectivity index (χ2n) is 10.0. The maximum absolute atomic E-state index is 12.3. The van der Waals surface area contributed by atoms with Gasteiger partial charge in [-0.3, -0.25) is 0 Å². The van der Waals surface area contributed by atoms with Gasteiger partial charge in [0.15, 0.2) is 22.8 Å². The topological polar surface area (TPSA) is 67.5 Å². The molecular weight excluding hydrogens is 508 g/mol. The van der Waals surface area contributed by atoms with Gasteiger partial charge in [-0.25, -0.2) is 4.98 Å². The summed E-state index contributed by atoms with van der Waals surface area (Å²) in [7, 11) is 3.72. The predicted octanol–water partition coefficient (Wildman–Crippen LogP) is 6.68. The molecule has 3 aromatic carbocycles. The molecule has 2 atom stereocenters. The Hall–Kier alpha value is -3.03. The number of methoxy groups -OCH3 is 1. The average Bonchev–Trinajstić information content (AvgIpc) is 3.43. The van der Waals surface area contributed by atoms with Crippen LogP contribution in [0.25, 0.3) is 22.1 Å². The highest BCUT2D eigenvalue weighted by molar-refractivity contribution is 7.91. The van der Waals surface area contributed by atoms with E-state index < -0.39 is 11.2 Å². The highest BCUT2D eigenvalue weighted by atomic mass is 32.2. The lowest BCUT2D eigenvalue weighted by Crippen LogP contribution is -2.30. The van der Waals surface area contributed by atoms with E-state index in [1.54, 1.807) is 7.11 Å². The van der Waals surface area contributed by atoms with Gasteiger partial charge in [0.25, 0.3) is 0 Å². The first kappa shape index (κ1) is 29.0. The third kappa shape index (κ3) is 7.55. The lowest BCUT2D eigenvalue weighted by molar-refractivity contribution is -0.617. The largest absolute Gasteiger partial charge is 0.616 e. The van der Waals surface area contributed by atoms with Gasteiger partial charge in [-0.05, 0) is 49.6 Å². The number of ether oxygens (including phenoxy) is 3. The third-order valence-corrected chi connectivity index (χ3v) is 8.90. The number of nitrogens with zero attached hydrogens (tertiary/aromatic N) is 2. The van der Waals surface area contributed by atoms with Crippen LogP contribution in [0.4, 0.5) is 0 Å². The minimum Gasteiger partial charge on any atom is -0.616 e. The van der Waals surface area contributed by atoms with E-state index in [4.69, 9.17) is 14.2 Å². The fraction of sp³-hybridized carbons (Fsp3) is 0.438. The molecule has 39 heavy (non-hydrogen) atoms. The summed E-state index contributed by atoms with van der Waals surface area (Å²) in [5.74, 6) is 3.26. The number of hydrogen-bond acceptors (Lipinski definition) is 5. The molecule has 2 unspecified atom stereocenters. The molecule has 0 radical (unpaired) electrons. The van der Waals surface area contributed by atoms with E-state index in [2.05, 4.69) is 35.5 Å². The van der Waals surface area contributed by atoms with Crippen LogP contribution in [0.5, 0.6) is 17.2 Å². The van der Waals surface area contributed by atoms with Crippen molar-refractivity contribution in [2.75, 3.05) is 19.7 Å². The zero-order valence-electron chi connectivity index (χ0n) is 23.7. The SMILES string of the molecule is CCCCCCCC[S+]([O-])C(C)Cc1ccc2c(c1)OCO2.COc1cccc2c1nc1ccccc1[n+]2C. The second kappa shape index (κ2) is 14.4. The number of hydrogen-bond donors (Lipinski definition) is 0. The van der Waals surface area contributed by atoms with Crippen LogP contribution >= 0.6 is 0 Å². The van der Waals surface area contributed by atoms with Crippen molar-refractivity contribution in [3.05, 3.63) is 66.2 Å². The number of aromatic nitrogens is 2. The first-order chi connectivity index (χ1) is 19.0. The van der Waals surface area contributed by atoms with Crippen LogP contribution in [0.1, 0.15) is 57.9 Å². The Morgan fingerprint density at radius 2 is 1.69 bits per heavy atom. The molecule has 0 aliphatic carbocycles. The standard InChI is InChI=1S/C18H28O3S.C14H13N2O/c1-3-4-5-6-7-8-11-22(19)15(2)12-16-9-10-17-18(13-16)21-14-20-17;1-16-11-7-4-3-6-10(11)15-14-12(16)8-5-9-13(14)17-2/h9-10,13,15H,3-8,11-12,14H2,1-2H3;3-9H,1-2H3/q;+1. The van der Waals surface area contributed by atoms with Gasteiger partial charge < -0.3 is 18.8 Å². The molecule has 5 rings (SSSR count). The summed E-state index contributed by atoms with van der Waals surface area (Å²) in [6, 6.07) is 20.1. The first-order valence-electron chi connectivity index (χ1n) is 14.0. The molecule has 1 aromatic heterocycles. The van der Waals surface area contributed by atoms with Crippen LogP contribution in [0.3, 0.4) is 0 Å². The van der Waals surface area contributed by atoms with E-state index in [0.717, 1.165) is 57.9 Å². The molecule has 208 valence electrons. The lowest BCUT2D eigenvalue weighted by atomic mass is 10.1. The molecule has 0 spiro atoms. The van der Waals surface area contributed by atoms with Crippen molar-refractivity contribution in [3.63, 3.8) is 0 Å². The van der Waals surface area contributed by atoms with Crippen molar-refractivity contribution in [2.45, 2.75) is 64.0 Å². The Morgan fingerprint density at radius 1 is 0.949 bits per heavy atom. The molecule has 0 bridgehead atoms. The van der Waals surface area contributed by atoms with Gasteiger partial charge >= 0.3 is 0 Å². The minimum absolute atomic E-state index is 0.191. The molecule has 2 heterocycles. The van der Waals surface area contributed by atoms with E-state index in [1.807, 2.05) is 55.6 Å². The molecule has 1 aliphatic rings. The van der Waals surface area contributed by atoms with Crippen molar-refractivity contribution < 1.29 is 23.3 Å². The maximum Gasteiger partial charge on any atom is 0.235 e. The summed E-state index contributed by atoms with van der Waals surface area (Å²) >= 11 is -0.743. The lowest BCUT2D eigenvalue weighted by Gasteiger charge is -2.18. The fourth-order valence-corrected chi connectivity index (χ4v) is 6.14. The molecule has 0 amide bonds. The minimum atomic E-state index is -0.743. The molecule has 4 aromatic rings. The number of rotatable bonds is 11. The molecular formula is C32H41N2O4S+. The molecule has 0 saturated heterocycles. The summed E-state index contributed by atoms with van der Waals surface area (Å²) < 4.78 is 30.5. The van der Waals surface area contributed by atoms with Crippen LogP contribution in [0, 0.1) is 0 Å². The zero-order valence-corrected chi connectivity index (χ0v) is 24.5. The van der Waals surface area contributed by atoms with Gasteiger partial charge in [0, 0.05) is 18.6 Å². The average molecular weight is 550 g/mol. The van der Waals surface area contributed by atoms with Gasteiger partial charge in [0.05, 0.1) is 7.11 Å². The Kier molecular flexibility index (Phi) is 10.7. The monoisotopic (exact) mass is 549 g/mol. The highest BCUT2D eigenvalue weighted by Crippen LogP contribution is 2.33. The van der Waals surface area contributed by atoms with E-state index in [-0.39, 0.29) is 5.25 Å². The summed E-state index contributed by atoms with van der Waals surface area (Å²) in [4.78, 5) is 4.66. The maximum atomic E-state index is 12.3.